The Kier molecular flexibility index (Phi) is 3.62. The number of nitrogens with zero attached hydrogens (tertiary/aromatic N) is 1. The smallest absolute Gasteiger partial charge is 0.0678 e. The average Bonchev–Trinajstić information content (AvgIpc) is 2.20. The third kappa shape index (κ3) is 3.06. The van der Waals surface area contributed by atoms with Gasteiger partial charge >= 0.3 is 0 Å². The van der Waals surface area contributed by atoms with Crippen molar-refractivity contribution in [2.75, 3.05) is 13.1 Å². The zero-order chi connectivity index (χ0) is 11.5. The van der Waals surface area contributed by atoms with Gasteiger partial charge < -0.3 is 4.74 Å². The Balaban J connectivity index is 1.96. The van der Waals surface area contributed by atoms with Crippen molar-refractivity contribution in [2.24, 2.45) is 0 Å². The summed E-state index contributed by atoms with van der Waals surface area (Å²) >= 11 is 0. The van der Waals surface area contributed by atoms with E-state index >= 15 is 0 Å². The number of hydrogen-bond acceptors (Lipinski definition) is 2. The molecule has 1 aliphatic rings. The van der Waals surface area contributed by atoms with E-state index in [1.165, 1.54) is 11.1 Å². The van der Waals surface area contributed by atoms with Crippen LogP contribution in [0.2, 0.25) is 0 Å². The molecule has 1 fully saturated rings. The molecule has 0 amide bonds. The summed E-state index contributed by atoms with van der Waals surface area (Å²) in [6, 6.07) is 8.81. The van der Waals surface area contributed by atoms with Crippen molar-refractivity contribution in [3.8, 4) is 0 Å². The molecular formula is C14H21NO. The second-order valence-corrected chi connectivity index (χ2v) is 4.94. The summed E-state index contributed by atoms with van der Waals surface area (Å²) in [5, 5.41) is 0. The normalized spacial score (nSPS) is 26.9. The van der Waals surface area contributed by atoms with Gasteiger partial charge in [-0.2, -0.15) is 0 Å². The van der Waals surface area contributed by atoms with Crippen LogP contribution in [0.25, 0.3) is 0 Å². The van der Waals surface area contributed by atoms with E-state index in [0.29, 0.717) is 12.2 Å². The number of aryl methyl sites for hydroxylation is 1. The highest BCUT2D eigenvalue weighted by atomic mass is 16.5. The van der Waals surface area contributed by atoms with E-state index in [-0.39, 0.29) is 0 Å². The molecule has 1 aromatic carbocycles. The molecule has 1 aromatic rings. The molecule has 1 aliphatic heterocycles. The van der Waals surface area contributed by atoms with E-state index in [9.17, 15) is 0 Å². The van der Waals surface area contributed by atoms with E-state index in [2.05, 4.69) is 49.9 Å². The van der Waals surface area contributed by atoms with Gasteiger partial charge in [0.15, 0.2) is 0 Å². The summed E-state index contributed by atoms with van der Waals surface area (Å²) in [5.41, 5.74) is 2.72. The van der Waals surface area contributed by atoms with Gasteiger partial charge in [-0.1, -0.05) is 29.8 Å². The highest BCUT2D eigenvalue weighted by Gasteiger charge is 2.21. The Hall–Kier alpha value is -0.860. The van der Waals surface area contributed by atoms with Crippen molar-refractivity contribution >= 4 is 0 Å². The summed E-state index contributed by atoms with van der Waals surface area (Å²) in [4.78, 5) is 2.48. The molecule has 2 heteroatoms. The number of hydrogen-bond donors (Lipinski definition) is 0. The molecule has 1 saturated heterocycles. The number of morpholine rings is 1. The topological polar surface area (TPSA) is 12.5 Å². The lowest BCUT2D eigenvalue weighted by Gasteiger charge is -2.35. The predicted octanol–water partition coefficient (Wildman–Crippen LogP) is 2.60. The van der Waals surface area contributed by atoms with Crippen molar-refractivity contribution < 1.29 is 4.74 Å². The van der Waals surface area contributed by atoms with Crippen LogP contribution in [0, 0.1) is 6.92 Å². The van der Waals surface area contributed by atoms with Crippen LogP contribution in [-0.2, 0) is 11.3 Å². The minimum absolute atomic E-state index is 0.356. The molecule has 0 saturated carbocycles. The van der Waals surface area contributed by atoms with Crippen molar-refractivity contribution in [1.82, 2.24) is 4.90 Å². The standard InChI is InChI=1S/C14H21NO/c1-11-4-6-14(7-5-11)10-15-8-12(2)16-13(3)9-15/h4-7,12-13H,8-10H2,1-3H3/t12-,13-/m0/s1. The van der Waals surface area contributed by atoms with Crippen molar-refractivity contribution in [3.63, 3.8) is 0 Å². The van der Waals surface area contributed by atoms with Gasteiger partial charge in [-0.15, -0.1) is 0 Å². The number of benzene rings is 1. The molecule has 0 unspecified atom stereocenters. The van der Waals surface area contributed by atoms with Crippen molar-refractivity contribution in [3.05, 3.63) is 35.4 Å². The van der Waals surface area contributed by atoms with E-state index in [0.717, 1.165) is 19.6 Å². The van der Waals surface area contributed by atoms with Crippen LogP contribution in [0.3, 0.4) is 0 Å². The molecule has 16 heavy (non-hydrogen) atoms. The van der Waals surface area contributed by atoms with Crippen LogP contribution >= 0.6 is 0 Å². The molecule has 0 aromatic heterocycles. The molecule has 2 nitrogen and oxygen atoms in total. The lowest BCUT2D eigenvalue weighted by molar-refractivity contribution is -0.0704. The van der Waals surface area contributed by atoms with Gasteiger partial charge in [0.1, 0.15) is 0 Å². The average molecular weight is 219 g/mol. The van der Waals surface area contributed by atoms with Gasteiger partial charge in [0.05, 0.1) is 12.2 Å². The largest absolute Gasteiger partial charge is 0.373 e. The van der Waals surface area contributed by atoms with Crippen LogP contribution in [0.15, 0.2) is 24.3 Å². The lowest BCUT2D eigenvalue weighted by atomic mass is 10.1. The summed E-state index contributed by atoms with van der Waals surface area (Å²) in [5.74, 6) is 0. The quantitative estimate of drug-likeness (QED) is 0.758. The molecular weight excluding hydrogens is 198 g/mol. The van der Waals surface area contributed by atoms with E-state index < -0.39 is 0 Å². The van der Waals surface area contributed by atoms with Crippen LogP contribution in [0.1, 0.15) is 25.0 Å². The summed E-state index contributed by atoms with van der Waals surface area (Å²) in [6.07, 6.45) is 0.711. The van der Waals surface area contributed by atoms with E-state index in [1.54, 1.807) is 0 Å². The minimum atomic E-state index is 0.356. The van der Waals surface area contributed by atoms with Crippen molar-refractivity contribution in [1.29, 1.82) is 0 Å². The fraction of sp³-hybridized carbons (Fsp3) is 0.571. The molecule has 0 N–H and O–H groups in total. The summed E-state index contributed by atoms with van der Waals surface area (Å²) in [7, 11) is 0. The van der Waals surface area contributed by atoms with E-state index in [1.807, 2.05) is 0 Å². The van der Waals surface area contributed by atoms with Gasteiger partial charge in [0, 0.05) is 19.6 Å². The fourth-order valence-corrected chi connectivity index (χ4v) is 2.37. The Bertz CT molecular complexity index is 323. The molecule has 2 rings (SSSR count). The fourth-order valence-electron chi connectivity index (χ4n) is 2.37. The monoisotopic (exact) mass is 219 g/mol. The SMILES string of the molecule is Cc1ccc(CN2C[C@H](C)O[C@@H](C)C2)cc1. The molecule has 0 radical (unpaired) electrons. The second-order valence-electron chi connectivity index (χ2n) is 4.94. The molecule has 0 spiro atoms. The summed E-state index contributed by atoms with van der Waals surface area (Å²) in [6.45, 7) is 9.55. The van der Waals surface area contributed by atoms with Crippen LogP contribution in [0.5, 0.6) is 0 Å². The third-order valence-corrected chi connectivity index (χ3v) is 3.02. The minimum Gasteiger partial charge on any atom is -0.373 e. The summed E-state index contributed by atoms with van der Waals surface area (Å²) < 4.78 is 5.73. The molecule has 88 valence electrons. The lowest BCUT2D eigenvalue weighted by Crippen LogP contribution is -2.44. The Labute approximate surface area is 98.2 Å². The first-order chi connectivity index (χ1) is 7.63. The van der Waals surface area contributed by atoms with Gasteiger partial charge in [0.25, 0.3) is 0 Å². The van der Waals surface area contributed by atoms with E-state index in [4.69, 9.17) is 4.74 Å². The maximum absolute atomic E-state index is 5.73. The molecule has 0 aliphatic carbocycles. The molecule has 0 bridgehead atoms. The second kappa shape index (κ2) is 4.98. The Morgan fingerprint density at radius 2 is 1.69 bits per heavy atom. The zero-order valence-electron chi connectivity index (χ0n) is 10.4. The molecule has 2 atom stereocenters. The highest BCUT2D eigenvalue weighted by Crippen LogP contribution is 2.14. The zero-order valence-corrected chi connectivity index (χ0v) is 10.4. The first-order valence-electron chi connectivity index (χ1n) is 6.07. The number of ether oxygens (including phenoxy) is 1. The van der Waals surface area contributed by atoms with Crippen molar-refractivity contribution in [2.45, 2.75) is 39.5 Å². The van der Waals surface area contributed by atoms with Gasteiger partial charge in [0.2, 0.25) is 0 Å². The first kappa shape index (κ1) is 11.6. The Morgan fingerprint density at radius 3 is 2.25 bits per heavy atom. The highest BCUT2D eigenvalue weighted by molar-refractivity contribution is 5.21. The van der Waals surface area contributed by atoms with Gasteiger partial charge in [-0.05, 0) is 26.3 Å². The predicted molar refractivity (Wildman–Crippen MR) is 66.5 cm³/mol. The van der Waals surface area contributed by atoms with Crippen LogP contribution in [-0.4, -0.2) is 30.2 Å². The van der Waals surface area contributed by atoms with Crippen LogP contribution < -0.4 is 0 Å². The molecule has 1 heterocycles. The number of rotatable bonds is 2. The first-order valence-corrected chi connectivity index (χ1v) is 6.07. The van der Waals surface area contributed by atoms with Crippen LogP contribution in [0.4, 0.5) is 0 Å². The Morgan fingerprint density at radius 1 is 1.12 bits per heavy atom. The maximum Gasteiger partial charge on any atom is 0.0678 e. The maximum atomic E-state index is 5.73. The van der Waals surface area contributed by atoms with Gasteiger partial charge in [-0.3, -0.25) is 4.90 Å². The third-order valence-electron chi connectivity index (χ3n) is 3.02. The van der Waals surface area contributed by atoms with Gasteiger partial charge in [-0.25, -0.2) is 0 Å².